The number of rotatable bonds is 5. The Morgan fingerprint density at radius 2 is 2.19 bits per heavy atom. The van der Waals surface area contributed by atoms with Gasteiger partial charge in [-0.15, -0.1) is 11.8 Å². The summed E-state index contributed by atoms with van der Waals surface area (Å²) in [5.74, 6) is 0. The molecule has 0 saturated carbocycles. The van der Waals surface area contributed by atoms with Gasteiger partial charge in [-0.05, 0) is 19.1 Å². The zero-order chi connectivity index (χ0) is 12.1. The van der Waals surface area contributed by atoms with Gasteiger partial charge >= 0.3 is 5.69 Å². The molecular formula is C11H16N2O2S. The van der Waals surface area contributed by atoms with Crippen molar-refractivity contribution in [2.24, 2.45) is 0 Å². The minimum atomic E-state index is -0.317. The Balaban J connectivity index is 3.16. The first-order valence-corrected chi connectivity index (χ1v) is 6.12. The summed E-state index contributed by atoms with van der Waals surface area (Å²) in [6, 6.07) is 5.38. The van der Waals surface area contributed by atoms with E-state index in [9.17, 15) is 10.1 Å². The van der Waals surface area contributed by atoms with Gasteiger partial charge in [-0.2, -0.15) is 0 Å². The van der Waals surface area contributed by atoms with Crippen LogP contribution in [0.3, 0.4) is 0 Å². The van der Waals surface area contributed by atoms with Gasteiger partial charge in [-0.25, -0.2) is 0 Å². The van der Waals surface area contributed by atoms with Gasteiger partial charge in [0.05, 0.1) is 9.82 Å². The fourth-order valence-electron chi connectivity index (χ4n) is 1.39. The molecule has 0 saturated heterocycles. The summed E-state index contributed by atoms with van der Waals surface area (Å²) in [6.07, 6.45) is 0. The Labute approximate surface area is 99.6 Å². The molecule has 88 valence electrons. The molecule has 5 heteroatoms. The second-order valence-electron chi connectivity index (χ2n) is 3.61. The highest BCUT2D eigenvalue weighted by molar-refractivity contribution is 8.00. The zero-order valence-corrected chi connectivity index (χ0v) is 10.5. The second-order valence-corrected chi connectivity index (χ2v) is 5.22. The molecule has 4 nitrogen and oxygen atoms in total. The maximum atomic E-state index is 11.1. The van der Waals surface area contributed by atoms with Gasteiger partial charge in [0.15, 0.2) is 0 Å². The largest absolute Gasteiger partial charge is 0.380 e. The van der Waals surface area contributed by atoms with Gasteiger partial charge in [0.25, 0.3) is 0 Å². The average Bonchev–Trinajstić information content (AvgIpc) is 2.16. The molecule has 0 bridgehead atoms. The maximum absolute atomic E-state index is 11.1. The minimum Gasteiger partial charge on any atom is -0.380 e. The van der Waals surface area contributed by atoms with Crippen molar-refractivity contribution in [3.63, 3.8) is 0 Å². The first kappa shape index (κ1) is 12.8. The smallest absolute Gasteiger partial charge is 0.305 e. The normalized spacial score (nSPS) is 10.5. The van der Waals surface area contributed by atoms with Crippen molar-refractivity contribution in [2.75, 3.05) is 11.9 Å². The fourth-order valence-corrected chi connectivity index (χ4v) is 2.35. The van der Waals surface area contributed by atoms with E-state index in [0.29, 0.717) is 17.5 Å². The lowest BCUT2D eigenvalue weighted by Gasteiger charge is -2.09. The van der Waals surface area contributed by atoms with Gasteiger partial charge in [0, 0.05) is 11.8 Å². The summed E-state index contributed by atoms with van der Waals surface area (Å²) >= 11 is 1.51. The van der Waals surface area contributed by atoms with E-state index in [1.54, 1.807) is 12.1 Å². The van der Waals surface area contributed by atoms with Gasteiger partial charge in [0.1, 0.15) is 5.69 Å². The third-order valence-electron chi connectivity index (χ3n) is 1.91. The van der Waals surface area contributed by atoms with Gasteiger partial charge in [0.2, 0.25) is 0 Å². The van der Waals surface area contributed by atoms with Crippen molar-refractivity contribution in [1.29, 1.82) is 0 Å². The lowest BCUT2D eigenvalue weighted by atomic mass is 10.2. The lowest BCUT2D eigenvalue weighted by molar-refractivity contribution is -0.386. The Morgan fingerprint density at radius 1 is 1.50 bits per heavy atom. The highest BCUT2D eigenvalue weighted by atomic mass is 32.2. The molecule has 0 atom stereocenters. The molecule has 0 radical (unpaired) electrons. The Hall–Kier alpha value is -1.23. The van der Waals surface area contributed by atoms with Crippen LogP contribution in [0, 0.1) is 10.1 Å². The predicted octanol–water partition coefficient (Wildman–Crippen LogP) is 3.53. The van der Waals surface area contributed by atoms with Crippen LogP contribution in [0.15, 0.2) is 23.1 Å². The number of thioether (sulfide) groups is 1. The summed E-state index contributed by atoms with van der Waals surface area (Å²) < 4.78 is 0. The first-order valence-electron chi connectivity index (χ1n) is 5.24. The summed E-state index contributed by atoms with van der Waals surface area (Å²) in [6.45, 7) is 6.64. The topological polar surface area (TPSA) is 55.2 Å². The Bertz CT molecular complexity index is 380. The van der Waals surface area contributed by atoms with Crippen LogP contribution in [0.4, 0.5) is 11.4 Å². The minimum absolute atomic E-state index is 0.183. The monoisotopic (exact) mass is 240 g/mol. The van der Waals surface area contributed by atoms with Crippen LogP contribution >= 0.6 is 11.8 Å². The molecule has 16 heavy (non-hydrogen) atoms. The van der Waals surface area contributed by atoms with Crippen molar-refractivity contribution >= 4 is 23.1 Å². The van der Waals surface area contributed by atoms with Crippen molar-refractivity contribution in [3.8, 4) is 0 Å². The second kappa shape index (κ2) is 5.75. The van der Waals surface area contributed by atoms with Crippen molar-refractivity contribution in [2.45, 2.75) is 30.9 Å². The third-order valence-corrected chi connectivity index (χ3v) is 2.97. The molecule has 0 aliphatic heterocycles. The van der Waals surface area contributed by atoms with Crippen molar-refractivity contribution in [3.05, 3.63) is 28.3 Å². The zero-order valence-electron chi connectivity index (χ0n) is 9.69. The van der Waals surface area contributed by atoms with E-state index in [1.165, 1.54) is 11.8 Å². The van der Waals surface area contributed by atoms with Gasteiger partial charge in [-0.3, -0.25) is 10.1 Å². The summed E-state index contributed by atoms with van der Waals surface area (Å²) in [7, 11) is 0. The van der Waals surface area contributed by atoms with Crippen LogP contribution in [0.1, 0.15) is 20.8 Å². The Kier molecular flexibility index (Phi) is 4.61. The molecule has 0 spiro atoms. The predicted molar refractivity (Wildman–Crippen MR) is 68.3 cm³/mol. The van der Waals surface area contributed by atoms with Gasteiger partial charge < -0.3 is 5.32 Å². The van der Waals surface area contributed by atoms with E-state index in [0.717, 1.165) is 4.90 Å². The third kappa shape index (κ3) is 3.13. The van der Waals surface area contributed by atoms with E-state index < -0.39 is 0 Å². The summed E-state index contributed by atoms with van der Waals surface area (Å²) in [4.78, 5) is 11.5. The van der Waals surface area contributed by atoms with Crippen LogP contribution in [0.25, 0.3) is 0 Å². The Morgan fingerprint density at radius 3 is 2.69 bits per heavy atom. The maximum Gasteiger partial charge on any atom is 0.305 e. The molecule has 0 aliphatic rings. The summed E-state index contributed by atoms with van der Waals surface area (Å²) in [5, 5.41) is 14.4. The van der Waals surface area contributed by atoms with Crippen LogP contribution < -0.4 is 5.32 Å². The molecular weight excluding hydrogens is 224 g/mol. The number of para-hydroxylation sites is 1. The molecule has 0 aliphatic carbocycles. The lowest BCUT2D eigenvalue weighted by Crippen LogP contribution is -2.02. The number of benzene rings is 1. The molecule has 0 amide bonds. The van der Waals surface area contributed by atoms with E-state index in [2.05, 4.69) is 5.32 Å². The number of hydrogen-bond donors (Lipinski definition) is 1. The van der Waals surface area contributed by atoms with Crippen molar-refractivity contribution in [1.82, 2.24) is 0 Å². The number of nitrogens with one attached hydrogen (secondary N) is 1. The molecule has 0 fully saturated rings. The standard InChI is InChI=1S/C11H16N2O2S/c1-4-12-9-6-5-7-10(16-8(2)3)11(9)13(14)15/h5-8,12H,4H2,1-3H3. The quantitative estimate of drug-likeness (QED) is 0.486. The fraction of sp³-hybridized carbons (Fsp3) is 0.455. The van der Waals surface area contributed by atoms with E-state index >= 15 is 0 Å². The molecule has 0 heterocycles. The SMILES string of the molecule is CCNc1cccc(SC(C)C)c1[N+](=O)[O-]. The number of anilines is 1. The molecule has 0 unspecified atom stereocenters. The highest BCUT2D eigenvalue weighted by Crippen LogP contribution is 2.37. The number of nitro groups is 1. The number of nitrogens with zero attached hydrogens (tertiary/aromatic N) is 1. The van der Waals surface area contributed by atoms with Crippen LogP contribution in [0.2, 0.25) is 0 Å². The molecule has 1 rings (SSSR count). The average molecular weight is 240 g/mol. The van der Waals surface area contributed by atoms with Crippen LogP contribution in [0.5, 0.6) is 0 Å². The molecule has 1 N–H and O–H groups in total. The number of hydrogen-bond acceptors (Lipinski definition) is 4. The van der Waals surface area contributed by atoms with Crippen molar-refractivity contribution < 1.29 is 4.92 Å². The van der Waals surface area contributed by atoms with Crippen LogP contribution in [-0.2, 0) is 0 Å². The highest BCUT2D eigenvalue weighted by Gasteiger charge is 2.20. The molecule has 0 aromatic heterocycles. The summed E-state index contributed by atoms with van der Waals surface area (Å²) in [5.41, 5.74) is 0.779. The van der Waals surface area contributed by atoms with E-state index in [4.69, 9.17) is 0 Å². The first-order chi connectivity index (χ1) is 7.56. The van der Waals surface area contributed by atoms with E-state index in [1.807, 2.05) is 26.8 Å². The number of nitro benzene ring substituents is 1. The molecule has 1 aromatic rings. The van der Waals surface area contributed by atoms with E-state index in [-0.39, 0.29) is 10.6 Å². The van der Waals surface area contributed by atoms with Crippen LogP contribution in [-0.4, -0.2) is 16.7 Å². The van der Waals surface area contributed by atoms with Gasteiger partial charge in [-0.1, -0.05) is 19.9 Å². The molecule has 1 aromatic carbocycles.